The first-order valence-electron chi connectivity index (χ1n) is 5.58. The second kappa shape index (κ2) is 4.83. The number of ether oxygens (including phenoxy) is 1. The average molecular weight is 234 g/mol. The van der Waals surface area contributed by atoms with Gasteiger partial charge < -0.3 is 4.74 Å². The van der Waals surface area contributed by atoms with Crippen LogP contribution in [0, 0.1) is 11.8 Å². The number of hydrogen-bond acceptors (Lipinski definition) is 3. The highest BCUT2D eigenvalue weighted by molar-refractivity contribution is 7.91. The van der Waals surface area contributed by atoms with E-state index >= 15 is 0 Å². The average Bonchev–Trinajstić information content (AvgIpc) is 2.15. The fourth-order valence-corrected chi connectivity index (χ4v) is 3.81. The summed E-state index contributed by atoms with van der Waals surface area (Å²) in [6.45, 7) is 4.39. The molecule has 0 aromatic carbocycles. The Hall–Kier alpha value is -0.0900. The van der Waals surface area contributed by atoms with Crippen molar-refractivity contribution in [2.24, 2.45) is 11.8 Å². The molecular weight excluding hydrogens is 212 g/mol. The zero-order valence-corrected chi connectivity index (χ0v) is 10.9. The maximum atomic E-state index is 11.6. The first-order chi connectivity index (χ1) is 6.86. The van der Waals surface area contributed by atoms with Crippen LogP contribution in [0.25, 0.3) is 0 Å². The number of hydrogen-bond donors (Lipinski definition) is 0. The minimum absolute atomic E-state index is 0.110. The lowest BCUT2D eigenvalue weighted by molar-refractivity contribution is 0.0439. The minimum atomic E-state index is -2.96. The molecule has 0 amide bonds. The summed E-state index contributed by atoms with van der Waals surface area (Å²) in [6.07, 6.45) is 3.85. The van der Waals surface area contributed by atoms with Crippen LogP contribution >= 0.6 is 0 Å². The quantitative estimate of drug-likeness (QED) is 0.748. The molecule has 90 valence electrons. The normalized spacial score (nSPS) is 33.3. The molecule has 3 unspecified atom stereocenters. The highest BCUT2D eigenvalue weighted by Gasteiger charge is 2.37. The summed E-state index contributed by atoms with van der Waals surface area (Å²) in [7, 11) is -1.34. The van der Waals surface area contributed by atoms with Gasteiger partial charge in [0.1, 0.15) is 0 Å². The van der Waals surface area contributed by atoms with Crippen molar-refractivity contribution in [3.05, 3.63) is 0 Å². The summed E-state index contributed by atoms with van der Waals surface area (Å²) in [5.74, 6) is 1.22. The lowest BCUT2D eigenvalue weighted by Gasteiger charge is -2.35. The van der Waals surface area contributed by atoms with Crippen molar-refractivity contribution in [1.29, 1.82) is 0 Å². The van der Waals surface area contributed by atoms with Crippen LogP contribution in [-0.4, -0.2) is 33.1 Å². The summed E-state index contributed by atoms with van der Waals surface area (Å²) in [6, 6.07) is 0. The molecule has 0 aromatic heterocycles. The van der Waals surface area contributed by atoms with Gasteiger partial charge in [-0.05, 0) is 31.1 Å². The lowest BCUT2D eigenvalue weighted by Crippen LogP contribution is -2.41. The van der Waals surface area contributed by atoms with Gasteiger partial charge in [0.05, 0.1) is 11.4 Å². The molecule has 15 heavy (non-hydrogen) atoms. The van der Waals surface area contributed by atoms with Crippen molar-refractivity contribution < 1.29 is 13.2 Å². The fourth-order valence-electron chi connectivity index (χ4n) is 2.48. The van der Waals surface area contributed by atoms with Gasteiger partial charge in [-0.15, -0.1) is 0 Å². The van der Waals surface area contributed by atoms with E-state index in [4.69, 9.17) is 4.74 Å². The first kappa shape index (κ1) is 13.0. The molecule has 3 nitrogen and oxygen atoms in total. The predicted molar refractivity (Wildman–Crippen MR) is 61.6 cm³/mol. The van der Waals surface area contributed by atoms with Crippen molar-refractivity contribution in [1.82, 2.24) is 0 Å². The SMILES string of the molecule is COC1CC(C(C)C)CCC1S(C)(=O)=O. The van der Waals surface area contributed by atoms with Crippen LogP contribution in [0.15, 0.2) is 0 Å². The van der Waals surface area contributed by atoms with Crippen LogP contribution < -0.4 is 0 Å². The molecular formula is C11H22O3S. The second-order valence-electron chi connectivity index (χ2n) is 4.96. The van der Waals surface area contributed by atoms with E-state index < -0.39 is 9.84 Å². The van der Waals surface area contributed by atoms with Crippen LogP contribution in [-0.2, 0) is 14.6 Å². The van der Waals surface area contributed by atoms with E-state index in [0.717, 1.165) is 19.3 Å². The smallest absolute Gasteiger partial charge is 0.152 e. The number of sulfone groups is 1. The van der Waals surface area contributed by atoms with Crippen molar-refractivity contribution in [3.63, 3.8) is 0 Å². The predicted octanol–water partition coefficient (Wildman–Crippen LogP) is 1.87. The molecule has 0 heterocycles. The van der Waals surface area contributed by atoms with Gasteiger partial charge in [-0.25, -0.2) is 8.42 Å². The molecule has 0 radical (unpaired) electrons. The third-order valence-corrected chi connectivity index (χ3v) is 5.21. The second-order valence-corrected chi connectivity index (χ2v) is 7.22. The van der Waals surface area contributed by atoms with Crippen LogP contribution in [0.1, 0.15) is 33.1 Å². The van der Waals surface area contributed by atoms with Gasteiger partial charge in [0.25, 0.3) is 0 Å². The molecule has 1 saturated carbocycles. The van der Waals surface area contributed by atoms with E-state index in [2.05, 4.69) is 13.8 Å². The summed E-state index contributed by atoms with van der Waals surface area (Å²) >= 11 is 0. The molecule has 1 aliphatic rings. The third kappa shape index (κ3) is 3.18. The van der Waals surface area contributed by atoms with E-state index in [0.29, 0.717) is 11.8 Å². The summed E-state index contributed by atoms with van der Waals surface area (Å²) < 4.78 is 28.4. The molecule has 0 aromatic rings. The van der Waals surface area contributed by atoms with Crippen LogP contribution in [0.3, 0.4) is 0 Å². The number of methoxy groups -OCH3 is 1. The monoisotopic (exact) mass is 234 g/mol. The van der Waals surface area contributed by atoms with Crippen molar-refractivity contribution in [2.75, 3.05) is 13.4 Å². The van der Waals surface area contributed by atoms with Crippen molar-refractivity contribution in [3.8, 4) is 0 Å². The Morgan fingerprint density at radius 3 is 2.27 bits per heavy atom. The van der Waals surface area contributed by atoms with E-state index in [-0.39, 0.29) is 11.4 Å². The molecule has 0 spiro atoms. The maximum absolute atomic E-state index is 11.6. The van der Waals surface area contributed by atoms with Crippen LogP contribution in [0.2, 0.25) is 0 Å². The Kier molecular flexibility index (Phi) is 4.18. The highest BCUT2D eigenvalue weighted by atomic mass is 32.2. The zero-order valence-electron chi connectivity index (χ0n) is 10.1. The molecule has 0 N–H and O–H groups in total. The molecule has 0 bridgehead atoms. The first-order valence-corrected chi connectivity index (χ1v) is 7.53. The lowest BCUT2D eigenvalue weighted by atomic mass is 9.80. The molecule has 1 fully saturated rings. The third-order valence-electron chi connectivity index (χ3n) is 3.57. The zero-order chi connectivity index (χ0) is 11.6. The summed E-state index contributed by atoms with van der Waals surface area (Å²) in [4.78, 5) is 0. The summed E-state index contributed by atoms with van der Waals surface area (Å²) in [5, 5.41) is -0.294. The van der Waals surface area contributed by atoms with Gasteiger partial charge in [-0.3, -0.25) is 0 Å². The Labute approximate surface area is 93.1 Å². The van der Waals surface area contributed by atoms with Crippen LogP contribution in [0.4, 0.5) is 0 Å². The van der Waals surface area contributed by atoms with Crippen molar-refractivity contribution in [2.45, 2.75) is 44.5 Å². The molecule has 0 aliphatic heterocycles. The standard InChI is InChI=1S/C11H22O3S/c1-8(2)9-5-6-11(15(4,12)13)10(7-9)14-3/h8-11H,5-7H2,1-4H3. The molecule has 3 atom stereocenters. The van der Waals surface area contributed by atoms with Gasteiger partial charge >= 0.3 is 0 Å². The van der Waals surface area contributed by atoms with Gasteiger partial charge in [-0.2, -0.15) is 0 Å². The van der Waals surface area contributed by atoms with Gasteiger partial charge in [0, 0.05) is 13.4 Å². The fraction of sp³-hybridized carbons (Fsp3) is 1.00. The largest absolute Gasteiger partial charge is 0.380 e. The Morgan fingerprint density at radius 1 is 1.27 bits per heavy atom. The van der Waals surface area contributed by atoms with Gasteiger partial charge in [-0.1, -0.05) is 13.8 Å². The van der Waals surface area contributed by atoms with Crippen LogP contribution in [0.5, 0.6) is 0 Å². The topological polar surface area (TPSA) is 43.4 Å². The number of rotatable bonds is 3. The van der Waals surface area contributed by atoms with Crippen molar-refractivity contribution >= 4 is 9.84 Å². The molecule has 4 heteroatoms. The molecule has 1 aliphatic carbocycles. The van der Waals surface area contributed by atoms with Gasteiger partial charge in [0.2, 0.25) is 0 Å². The Morgan fingerprint density at radius 2 is 1.87 bits per heavy atom. The summed E-state index contributed by atoms with van der Waals surface area (Å²) in [5.41, 5.74) is 0. The molecule has 1 rings (SSSR count). The Balaban J connectivity index is 2.74. The Bertz CT molecular complexity index is 295. The van der Waals surface area contributed by atoms with E-state index in [1.807, 2.05) is 0 Å². The minimum Gasteiger partial charge on any atom is -0.380 e. The van der Waals surface area contributed by atoms with E-state index in [1.54, 1.807) is 7.11 Å². The maximum Gasteiger partial charge on any atom is 0.152 e. The van der Waals surface area contributed by atoms with Gasteiger partial charge in [0.15, 0.2) is 9.84 Å². The highest BCUT2D eigenvalue weighted by Crippen LogP contribution is 2.34. The van der Waals surface area contributed by atoms with E-state index in [9.17, 15) is 8.42 Å². The van der Waals surface area contributed by atoms with E-state index in [1.165, 1.54) is 6.26 Å². The molecule has 0 saturated heterocycles.